The third kappa shape index (κ3) is 6.26. The van der Waals surface area contributed by atoms with Gasteiger partial charge in [0.1, 0.15) is 11.6 Å². The van der Waals surface area contributed by atoms with Crippen molar-refractivity contribution in [2.45, 2.75) is 12.6 Å². The van der Waals surface area contributed by atoms with Gasteiger partial charge in [0.05, 0.1) is 26.4 Å². The normalized spacial score (nSPS) is 17.0. The number of methoxy groups -OCH3 is 2. The lowest BCUT2D eigenvalue weighted by Crippen LogP contribution is -2.49. The van der Waals surface area contributed by atoms with E-state index in [0.29, 0.717) is 31.9 Å². The standard InChI is InChI=1S/C23H29FN2O4/c1-28-13-12-26(23(27)19-5-7-20(24)8-6-19)17-22-16-25(11-14-30-22)15-18-3-9-21(29-2)10-4-18/h3-10,22H,11-17H2,1-2H3. The van der Waals surface area contributed by atoms with Crippen molar-refractivity contribution in [1.82, 2.24) is 9.80 Å². The maximum absolute atomic E-state index is 13.2. The van der Waals surface area contributed by atoms with Crippen molar-refractivity contribution in [3.05, 3.63) is 65.5 Å². The molecule has 1 fully saturated rings. The van der Waals surface area contributed by atoms with Gasteiger partial charge in [0.2, 0.25) is 0 Å². The Morgan fingerprint density at radius 2 is 1.90 bits per heavy atom. The molecule has 0 aliphatic carbocycles. The van der Waals surface area contributed by atoms with Gasteiger partial charge in [0, 0.05) is 45.4 Å². The fourth-order valence-electron chi connectivity index (χ4n) is 3.52. The van der Waals surface area contributed by atoms with E-state index in [-0.39, 0.29) is 17.8 Å². The molecule has 7 heteroatoms. The van der Waals surface area contributed by atoms with Gasteiger partial charge in [-0.1, -0.05) is 12.1 Å². The maximum Gasteiger partial charge on any atom is 0.254 e. The zero-order chi connectivity index (χ0) is 21.3. The molecule has 162 valence electrons. The van der Waals surface area contributed by atoms with E-state index in [1.807, 2.05) is 12.1 Å². The molecule has 2 aromatic carbocycles. The fourth-order valence-corrected chi connectivity index (χ4v) is 3.52. The lowest BCUT2D eigenvalue weighted by molar-refractivity contribution is -0.0444. The number of amides is 1. The summed E-state index contributed by atoms with van der Waals surface area (Å²) in [5.74, 6) is 0.328. The van der Waals surface area contributed by atoms with E-state index in [2.05, 4.69) is 17.0 Å². The van der Waals surface area contributed by atoms with Crippen LogP contribution >= 0.6 is 0 Å². The molecular weight excluding hydrogens is 387 g/mol. The number of carbonyl (C=O) groups is 1. The first-order valence-corrected chi connectivity index (χ1v) is 10.1. The minimum Gasteiger partial charge on any atom is -0.497 e. The Morgan fingerprint density at radius 3 is 2.57 bits per heavy atom. The number of morpholine rings is 1. The summed E-state index contributed by atoms with van der Waals surface area (Å²) >= 11 is 0. The highest BCUT2D eigenvalue weighted by Gasteiger charge is 2.25. The van der Waals surface area contributed by atoms with Gasteiger partial charge >= 0.3 is 0 Å². The SMILES string of the molecule is COCCN(CC1CN(Cc2ccc(OC)cc2)CCO1)C(=O)c1ccc(F)cc1. The largest absolute Gasteiger partial charge is 0.497 e. The molecule has 0 bridgehead atoms. The molecule has 0 aromatic heterocycles. The van der Waals surface area contributed by atoms with E-state index >= 15 is 0 Å². The monoisotopic (exact) mass is 416 g/mol. The predicted molar refractivity (Wildman–Crippen MR) is 112 cm³/mol. The summed E-state index contributed by atoms with van der Waals surface area (Å²) in [6.07, 6.45) is -0.0988. The first-order chi connectivity index (χ1) is 14.6. The van der Waals surface area contributed by atoms with Crippen LogP contribution in [-0.2, 0) is 16.0 Å². The Hall–Kier alpha value is -2.48. The van der Waals surface area contributed by atoms with Crippen molar-refractivity contribution in [2.75, 3.05) is 53.6 Å². The summed E-state index contributed by atoms with van der Waals surface area (Å²) in [4.78, 5) is 17.0. The van der Waals surface area contributed by atoms with Crippen LogP contribution in [0.1, 0.15) is 15.9 Å². The van der Waals surface area contributed by atoms with Crippen molar-refractivity contribution in [3.63, 3.8) is 0 Å². The van der Waals surface area contributed by atoms with E-state index in [1.165, 1.54) is 29.8 Å². The van der Waals surface area contributed by atoms with Crippen LogP contribution in [0.2, 0.25) is 0 Å². The fraction of sp³-hybridized carbons (Fsp3) is 0.435. The Bertz CT molecular complexity index is 798. The highest BCUT2D eigenvalue weighted by Crippen LogP contribution is 2.16. The van der Waals surface area contributed by atoms with E-state index in [9.17, 15) is 9.18 Å². The minimum atomic E-state index is -0.361. The molecule has 30 heavy (non-hydrogen) atoms. The summed E-state index contributed by atoms with van der Waals surface area (Å²) < 4.78 is 29.5. The lowest BCUT2D eigenvalue weighted by Gasteiger charge is -2.36. The molecule has 1 heterocycles. The third-order valence-electron chi connectivity index (χ3n) is 5.16. The number of hydrogen-bond donors (Lipinski definition) is 0. The quantitative estimate of drug-likeness (QED) is 0.629. The summed E-state index contributed by atoms with van der Waals surface area (Å²) in [6.45, 7) is 4.33. The number of benzene rings is 2. The second-order valence-corrected chi connectivity index (χ2v) is 7.33. The molecule has 0 radical (unpaired) electrons. The lowest BCUT2D eigenvalue weighted by atomic mass is 10.1. The second kappa shape index (κ2) is 11.1. The summed E-state index contributed by atoms with van der Waals surface area (Å²) in [5.41, 5.74) is 1.66. The van der Waals surface area contributed by atoms with Gasteiger partial charge in [0.15, 0.2) is 0 Å². The van der Waals surface area contributed by atoms with Crippen LogP contribution in [0.4, 0.5) is 4.39 Å². The Labute approximate surface area is 177 Å². The molecule has 1 amide bonds. The molecule has 2 aromatic rings. The zero-order valence-corrected chi connectivity index (χ0v) is 17.6. The molecule has 1 unspecified atom stereocenters. The van der Waals surface area contributed by atoms with Crippen LogP contribution in [0.5, 0.6) is 5.75 Å². The van der Waals surface area contributed by atoms with Crippen molar-refractivity contribution >= 4 is 5.91 Å². The Kier molecular flexibility index (Phi) is 8.19. The van der Waals surface area contributed by atoms with Crippen LogP contribution in [0.25, 0.3) is 0 Å². The Balaban J connectivity index is 1.61. The van der Waals surface area contributed by atoms with Crippen LogP contribution < -0.4 is 4.74 Å². The van der Waals surface area contributed by atoms with Crippen molar-refractivity contribution in [1.29, 1.82) is 0 Å². The van der Waals surface area contributed by atoms with Crippen molar-refractivity contribution in [3.8, 4) is 5.75 Å². The van der Waals surface area contributed by atoms with Crippen LogP contribution in [0.3, 0.4) is 0 Å². The van der Waals surface area contributed by atoms with Gasteiger partial charge in [-0.05, 0) is 42.0 Å². The first-order valence-electron chi connectivity index (χ1n) is 10.1. The number of hydrogen-bond acceptors (Lipinski definition) is 5. The van der Waals surface area contributed by atoms with Crippen LogP contribution in [0, 0.1) is 5.82 Å². The van der Waals surface area contributed by atoms with E-state index in [1.54, 1.807) is 19.1 Å². The number of nitrogens with zero attached hydrogens (tertiary/aromatic N) is 2. The molecule has 1 atom stereocenters. The van der Waals surface area contributed by atoms with E-state index < -0.39 is 0 Å². The molecule has 0 N–H and O–H groups in total. The van der Waals surface area contributed by atoms with E-state index in [4.69, 9.17) is 14.2 Å². The molecule has 0 saturated carbocycles. The molecule has 3 rings (SSSR count). The van der Waals surface area contributed by atoms with Crippen molar-refractivity contribution < 1.29 is 23.4 Å². The topological polar surface area (TPSA) is 51.2 Å². The van der Waals surface area contributed by atoms with Gasteiger partial charge in [-0.15, -0.1) is 0 Å². The van der Waals surface area contributed by atoms with E-state index in [0.717, 1.165) is 25.4 Å². The smallest absolute Gasteiger partial charge is 0.254 e. The molecule has 1 aliphatic heterocycles. The van der Waals surface area contributed by atoms with Gasteiger partial charge in [0.25, 0.3) is 5.91 Å². The number of ether oxygens (including phenoxy) is 3. The number of carbonyl (C=O) groups excluding carboxylic acids is 1. The summed E-state index contributed by atoms with van der Waals surface area (Å²) in [6, 6.07) is 13.7. The first kappa shape index (κ1) is 22.2. The molecule has 1 aliphatic rings. The molecule has 6 nitrogen and oxygen atoms in total. The van der Waals surface area contributed by atoms with Gasteiger partial charge in [-0.25, -0.2) is 4.39 Å². The number of rotatable bonds is 9. The van der Waals surface area contributed by atoms with Gasteiger partial charge < -0.3 is 19.1 Å². The summed E-state index contributed by atoms with van der Waals surface area (Å²) in [7, 11) is 3.26. The third-order valence-corrected chi connectivity index (χ3v) is 5.16. The predicted octanol–water partition coefficient (Wildman–Crippen LogP) is 2.82. The highest BCUT2D eigenvalue weighted by molar-refractivity contribution is 5.94. The van der Waals surface area contributed by atoms with Crippen LogP contribution in [0.15, 0.2) is 48.5 Å². The molecular formula is C23H29FN2O4. The Morgan fingerprint density at radius 1 is 1.17 bits per heavy atom. The second-order valence-electron chi connectivity index (χ2n) is 7.33. The number of halogens is 1. The highest BCUT2D eigenvalue weighted by atomic mass is 19.1. The molecule has 1 saturated heterocycles. The average Bonchev–Trinajstić information content (AvgIpc) is 2.77. The minimum absolute atomic E-state index is 0.0988. The summed E-state index contributed by atoms with van der Waals surface area (Å²) in [5, 5.41) is 0. The molecule has 0 spiro atoms. The zero-order valence-electron chi connectivity index (χ0n) is 17.6. The van der Waals surface area contributed by atoms with Gasteiger partial charge in [-0.2, -0.15) is 0 Å². The van der Waals surface area contributed by atoms with Crippen molar-refractivity contribution in [2.24, 2.45) is 0 Å². The van der Waals surface area contributed by atoms with Gasteiger partial charge in [-0.3, -0.25) is 9.69 Å². The average molecular weight is 416 g/mol. The maximum atomic E-state index is 13.2. The van der Waals surface area contributed by atoms with Crippen LogP contribution in [-0.4, -0.2) is 75.4 Å².